The molecule has 9 nitrogen and oxygen atoms in total. The fraction of sp³-hybridized carbons (Fsp3) is 0.333. The van der Waals surface area contributed by atoms with Gasteiger partial charge in [-0.3, -0.25) is 29.5 Å². The third-order valence-corrected chi connectivity index (χ3v) is 10.6. The zero-order valence-electron chi connectivity index (χ0n) is 25.8. The van der Waals surface area contributed by atoms with Crippen molar-refractivity contribution in [3.63, 3.8) is 0 Å². The largest absolute Gasteiger partial charge is 0.508 e. The molecule has 7 rings (SSSR count). The van der Waals surface area contributed by atoms with Crippen molar-refractivity contribution in [3.8, 4) is 11.5 Å². The number of hydrogen-bond acceptors (Lipinski definition) is 7. The van der Waals surface area contributed by atoms with Crippen LogP contribution in [0.25, 0.3) is 0 Å². The fourth-order valence-electron chi connectivity index (χ4n) is 8.40. The molecule has 0 aromatic heterocycles. The second-order valence-corrected chi connectivity index (χ2v) is 13.1. The number of phenolic OH excluding ortho intramolecular Hbond substituents is 1. The molecule has 4 aliphatic rings. The molecule has 0 spiro atoms. The average Bonchev–Trinajstić information content (AvgIpc) is 3.44. The van der Waals surface area contributed by atoms with Gasteiger partial charge >= 0.3 is 0 Å². The van der Waals surface area contributed by atoms with E-state index in [0.29, 0.717) is 46.1 Å². The Hall–Kier alpha value is -4.70. The van der Waals surface area contributed by atoms with Crippen LogP contribution >= 0.6 is 11.6 Å². The zero-order valence-corrected chi connectivity index (χ0v) is 26.5. The molecule has 47 heavy (non-hydrogen) atoms. The van der Waals surface area contributed by atoms with E-state index < -0.39 is 52.6 Å². The molecule has 3 aromatic rings. The number of fused-ring (bicyclic) bond motifs is 4. The van der Waals surface area contributed by atoms with E-state index in [4.69, 9.17) is 16.3 Å². The van der Waals surface area contributed by atoms with Crippen molar-refractivity contribution in [1.29, 1.82) is 0 Å². The summed E-state index contributed by atoms with van der Waals surface area (Å²) in [6.45, 7) is 2.21. The summed E-state index contributed by atoms with van der Waals surface area (Å²) in [5.74, 6) is -5.56. The SMILES string of the molecule is CCCN1C(=O)C2CC=C3C(CC4C(=O)N(Nc5ccc(F)cc5)C(=O)C4(c4ccc(Cl)cc4)C3c3cc(OC)ccc3O)C2C1=O. The number of benzene rings is 3. The maximum absolute atomic E-state index is 15.1. The van der Waals surface area contributed by atoms with Gasteiger partial charge in [-0.15, -0.1) is 0 Å². The van der Waals surface area contributed by atoms with Crippen LogP contribution in [0.2, 0.25) is 5.02 Å². The molecule has 3 fully saturated rings. The summed E-state index contributed by atoms with van der Waals surface area (Å²) in [5, 5.41) is 12.9. The molecule has 1 saturated carbocycles. The monoisotopic (exact) mass is 657 g/mol. The first-order chi connectivity index (χ1) is 22.6. The van der Waals surface area contributed by atoms with E-state index >= 15 is 4.79 Å². The first-order valence-electron chi connectivity index (χ1n) is 15.7. The highest BCUT2D eigenvalue weighted by molar-refractivity contribution is 6.30. The van der Waals surface area contributed by atoms with Gasteiger partial charge in [0.25, 0.3) is 11.8 Å². The summed E-state index contributed by atoms with van der Waals surface area (Å²) in [6.07, 6.45) is 2.94. The van der Waals surface area contributed by atoms with Crippen LogP contribution in [0.3, 0.4) is 0 Å². The van der Waals surface area contributed by atoms with E-state index in [1.165, 1.54) is 42.3 Å². The number of allylic oxidation sites excluding steroid dienone is 2. The number of nitrogens with zero attached hydrogens (tertiary/aromatic N) is 2. The minimum atomic E-state index is -1.59. The molecule has 2 aliphatic heterocycles. The van der Waals surface area contributed by atoms with E-state index in [0.717, 1.165) is 5.01 Å². The molecule has 3 aromatic carbocycles. The Morgan fingerprint density at radius 2 is 1.70 bits per heavy atom. The predicted octanol–water partition coefficient (Wildman–Crippen LogP) is 5.59. The standard InChI is InChI=1S/C36H33ClFN3O6/c1-3-16-40-32(43)25-14-13-24-26(30(25)34(40)45)18-28-33(44)41(39-22-10-8-21(38)9-11-22)35(46)36(28,19-4-6-20(37)7-5-19)31(24)27-17-23(47-2)12-15-29(27)42/h4-13,15,17,25-26,28,30-31,39,42H,3,14,16,18H2,1-2H3. The van der Waals surface area contributed by atoms with Crippen LogP contribution in [0.15, 0.2) is 78.4 Å². The van der Waals surface area contributed by atoms with Crippen molar-refractivity contribution in [3.05, 3.63) is 100 Å². The highest BCUT2D eigenvalue weighted by Gasteiger charge is 2.70. The van der Waals surface area contributed by atoms with Crippen LogP contribution in [0.1, 0.15) is 43.2 Å². The molecule has 242 valence electrons. The molecule has 6 unspecified atom stereocenters. The number of methoxy groups -OCH3 is 1. The van der Waals surface area contributed by atoms with Gasteiger partial charge in [-0.1, -0.05) is 42.3 Å². The molecule has 4 amide bonds. The average molecular weight is 658 g/mol. The van der Waals surface area contributed by atoms with Crippen molar-refractivity contribution in [2.24, 2.45) is 23.7 Å². The minimum absolute atomic E-state index is 0.113. The van der Waals surface area contributed by atoms with Gasteiger partial charge in [0.15, 0.2) is 0 Å². The second-order valence-electron chi connectivity index (χ2n) is 12.6. The number of rotatable bonds is 7. The number of carbonyl (C=O) groups excluding carboxylic acids is 4. The second kappa shape index (κ2) is 11.5. The number of phenols is 1. The topological polar surface area (TPSA) is 116 Å². The van der Waals surface area contributed by atoms with Crippen LogP contribution in [0.5, 0.6) is 11.5 Å². The molecule has 11 heteroatoms. The summed E-state index contributed by atoms with van der Waals surface area (Å²) in [4.78, 5) is 58.5. The normalized spacial score (nSPS) is 28.2. The van der Waals surface area contributed by atoms with E-state index in [1.807, 2.05) is 13.0 Å². The third-order valence-electron chi connectivity index (χ3n) is 10.3. The zero-order chi connectivity index (χ0) is 33.2. The van der Waals surface area contributed by atoms with Gasteiger partial charge in [0.2, 0.25) is 11.8 Å². The van der Waals surface area contributed by atoms with Crippen LogP contribution in [-0.2, 0) is 24.6 Å². The van der Waals surface area contributed by atoms with Gasteiger partial charge in [-0.05, 0) is 85.3 Å². The lowest BCUT2D eigenvalue weighted by atomic mass is 9.49. The van der Waals surface area contributed by atoms with Gasteiger partial charge in [0.05, 0.1) is 36.0 Å². The maximum Gasteiger partial charge on any atom is 0.260 e. The smallest absolute Gasteiger partial charge is 0.260 e. The van der Waals surface area contributed by atoms with Crippen molar-refractivity contribution in [2.75, 3.05) is 19.1 Å². The Labute approximate surface area is 275 Å². The number of imide groups is 2. The molecule has 2 heterocycles. The maximum atomic E-state index is 15.1. The highest BCUT2D eigenvalue weighted by atomic mass is 35.5. The molecule has 2 N–H and O–H groups in total. The number of likely N-dealkylation sites (tertiary alicyclic amines) is 1. The van der Waals surface area contributed by atoms with E-state index in [1.54, 1.807) is 36.4 Å². The van der Waals surface area contributed by atoms with Gasteiger partial charge in [-0.25, -0.2) is 4.39 Å². The molecule has 0 bridgehead atoms. The molecule has 2 saturated heterocycles. The first-order valence-corrected chi connectivity index (χ1v) is 16.1. The summed E-state index contributed by atoms with van der Waals surface area (Å²) < 4.78 is 19.3. The van der Waals surface area contributed by atoms with Gasteiger partial charge in [-0.2, -0.15) is 5.01 Å². The molecule has 6 atom stereocenters. The number of anilines is 1. The number of amides is 4. The summed E-state index contributed by atoms with van der Waals surface area (Å²) in [6, 6.07) is 16.8. The highest BCUT2D eigenvalue weighted by Crippen LogP contribution is 2.65. The Morgan fingerprint density at radius 1 is 0.979 bits per heavy atom. The van der Waals surface area contributed by atoms with E-state index in [2.05, 4.69) is 5.43 Å². The van der Waals surface area contributed by atoms with Gasteiger partial charge in [0, 0.05) is 23.0 Å². The number of ether oxygens (including phenoxy) is 1. The summed E-state index contributed by atoms with van der Waals surface area (Å²) >= 11 is 6.32. The third kappa shape index (κ3) is 4.56. The molecular formula is C36H33ClFN3O6. The van der Waals surface area contributed by atoms with Crippen LogP contribution < -0.4 is 10.2 Å². The molecule has 0 radical (unpaired) electrons. The lowest BCUT2D eigenvalue weighted by molar-refractivity contribution is -0.141. The van der Waals surface area contributed by atoms with Crippen LogP contribution in [0, 0.1) is 29.5 Å². The number of hydrazine groups is 1. The number of hydrogen-bond donors (Lipinski definition) is 2. The number of aromatic hydroxyl groups is 1. The Morgan fingerprint density at radius 3 is 2.38 bits per heavy atom. The Kier molecular flexibility index (Phi) is 7.58. The van der Waals surface area contributed by atoms with Gasteiger partial charge in [0.1, 0.15) is 17.3 Å². The van der Waals surface area contributed by atoms with E-state index in [9.17, 15) is 23.9 Å². The summed E-state index contributed by atoms with van der Waals surface area (Å²) in [5.41, 5.74) is 3.21. The molecule has 2 aliphatic carbocycles. The van der Waals surface area contributed by atoms with Gasteiger partial charge < -0.3 is 9.84 Å². The first kappa shape index (κ1) is 30.9. The van der Waals surface area contributed by atoms with Crippen molar-refractivity contribution in [1.82, 2.24) is 9.91 Å². The summed E-state index contributed by atoms with van der Waals surface area (Å²) in [7, 11) is 1.49. The quantitative estimate of drug-likeness (QED) is 0.251. The van der Waals surface area contributed by atoms with E-state index in [-0.39, 0.29) is 30.4 Å². The number of halogens is 2. The predicted molar refractivity (Wildman–Crippen MR) is 171 cm³/mol. The van der Waals surface area contributed by atoms with Crippen molar-refractivity contribution in [2.45, 2.75) is 37.5 Å². The number of carbonyl (C=O) groups is 4. The minimum Gasteiger partial charge on any atom is -0.508 e. The van der Waals surface area contributed by atoms with Crippen LogP contribution in [0.4, 0.5) is 10.1 Å². The molecular weight excluding hydrogens is 625 g/mol. The number of nitrogens with one attached hydrogen (secondary N) is 1. The van der Waals surface area contributed by atoms with Crippen molar-refractivity contribution >= 4 is 40.9 Å². The van der Waals surface area contributed by atoms with Crippen molar-refractivity contribution < 1.29 is 33.4 Å². The Balaban J connectivity index is 1.47. The van der Waals surface area contributed by atoms with Crippen LogP contribution in [-0.4, -0.2) is 52.3 Å². The Bertz CT molecular complexity index is 1830. The lowest BCUT2D eigenvalue weighted by Crippen LogP contribution is -2.53. The fourth-order valence-corrected chi connectivity index (χ4v) is 8.53. The lowest BCUT2D eigenvalue weighted by Gasteiger charge is -2.50.